The van der Waals surface area contributed by atoms with Gasteiger partial charge in [-0.05, 0) is 68.1 Å². The van der Waals surface area contributed by atoms with Gasteiger partial charge in [-0.1, -0.05) is 91.0 Å². The highest BCUT2D eigenvalue weighted by Crippen LogP contribution is 2.56. The van der Waals surface area contributed by atoms with E-state index in [1.165, 1.54) is 43.8 Å². The maximum Gasteiger partial charge on any atom is 0.0714 e. The molecule has 1 N–H and O–H groups in total. The summed E-state index contributed by atoms with van der Waals surface area (Å²) in [6.45, 7) is 0. The zero-order valence-electron chi connectivity index (χ0n) is 18.6. The fraction of sp³-hybridized carbons (Fsp3) is 0.0312. The smallest absolute Gasteiger partial charge is 0.0714 e. The van der Waals surface area contributed by atoms with Crippen LogP contribution in [0.25, 0.3) is 21.5 Å². The van der Waals surface area contributed by atoms with Crippen LogP contribution in [0.2, 0.25) is 0 Å². The highest BCUT2D eigenvalue weighted by Gasteiger charge is 2.45. The summed E-state index contributed by atoms with van der Waals surface area (Å²) in [6, 6.07) is 41.8. The monoisotopic (exact) mass is 434 g/mol. The molecule has 1 aliphatic rings. The Morgan fingerprint density at radius 2 is 1.15 bits per heavy atom. The van der Waals surface area contributed by atoms with Crippen LogP contribution in [0.3, 0.4) is 0 Å². The Kier molecular flexibility index (Phi) is 4.09. The van der Waals surface area contributed by atoms with Gasteiger partial charge in [-0.25, -0.2) is 0 Å². The molecule has 0 aliphatic heterocycles. The molecule has 2 heteroatoms. The minimum atomic E-state index is -0.389. The van der Waals surface area contributed by atoms with Crippen LogP contribution in [0, 0.1) is 0 Å². The van der Waals surface area contributed by atoms with Gasteiger partial charge >= 0.3 is 0 Å². The molecule has 34 heavy (non-hydrogen) atoms. The summed E-state index contributed by atoms with van der Waals surface area (Å²) < 4.78 is 0. The van der Waals surface area contributed by atoms with E-state index in [0.717, 1.165) is 11.4 Å². The molecule has 5 aromatic carbocycles. The number of aromatic nitrogens is 1. The van der Waals surface area contributed by atoms with Crippen molar-refractivity contribution in [3.05, 3.63) is 150 Å². The van der Waals surface area contributed by atoms with E-state index in [0.29, 0.717) is 0 Å². The lowest BCUT2D eigenvalue weighted by atomic mass is 9.67. The highest BCUT2D eigenvalue weighted by atomic mass is 14.9. The average molecular weight is 435 g/mol. The van der Waals surface area contributed by atoms with Crippen molar-refractivity contribution >= 4 is 32.9 Å². The van der Waals surface area contributed by atoms with Crippen molar-refractivity contribution in [2.45, 2.75) is 5.41 Å². The molecule has 160 valence electrons. The largest absolute Gasteiger partial charge is 0.355 e. The van der Waals surface area contributed by atoms with Crippen LogP contribution < -0.4 is 5.32 Å². The molecule has 0 fully saturated rings. The Hall–Kier alpha value is -4.43. The van der Waals surface area contributed by atoms with Gasteiger partial charge in [0.2, 0.25) is 0 Å². The van der Waals surface area contributed by atoms with Gasteiger partial charge in [-0.15, -0.1) is 0 Å². The van der Waals surface area contributed by atoms with Gasteiger partial charge in [-0.3, -0.25) is 4.98 Å². The molecule has 0 atom stereocenters. The Labute approximate surface area is 198 Å². The number of rotatable bonds is 4. The Balaban J connectivity index is 1.62. The maximum absolute atomic E-state index is 4.16. The number of pyridine rings is 1. The first-order valence-electron chi connectivity index (χ1n) is 11.6. The molecular weight excluding hydrogens is 412 g/mol. The second-order valence-corrected chi connectivity index (χ2v) is 8.93. The van der Waals surface area contributed by atoms with Crippen LogP contribution in [0.4, 0.5) is 11.4 Å². The van der Waals surface area contributed by atoms with Gasteiger partial charge in [0, 0.05) is 23.8 Å². The van der Waals surface area contributed by atoms with Gasteiger partial charge < -0.3 is 5.32 Å². The van der Waals surface area contributed by atoms with Crippen LogP contribution in [-0.4, -0.2) is 4.98 Å². The van der Waals surface area contributed by atoms with Crippen LogP contribution in [0.1, 0.15) is 22.3 Å². The molecule has 7 rings (SSSR count). The van der Waals surface area contributed by atoms with Gasteiger partial charge in [0.1, 0.15) is 0 Å². The normalized spacial score (nSPS) is 13.5. The van der Waals surface area contributed by atoms with E-state index in [2.05, 4.69) is 113 Å². The van der Waals surface area contributed by atoms with E-state index < -0.39 is 0 Å². The average Bonchev–Trinajstić information content (AvgIpc) is 3.21. The zero-order valence-corrected chi connectivity index (χ0v) is 18.6. The molecule has 1 heterocycles. The van der Waals surface area contributed by atoms with Crippen molar-refractivity contribution in [1.82, 2.24) is 4.98 Å². The summed E-state index contributed by atoms with van der Waals surface area (Å²) in [5.41, 5.74) is 6.97. The fourth-order valence-corrected chi connectivity index (χ4v) is 5.84. The van der Waals surface area contributed by atoms with Crippen LogP contribution in [-0.2, 0) is 5.41 Å². The molecule has 2 nitrogen and oxygen atoms in total. The van der Waals surface area contributed by atoms with Crippen LogP contribution >= 0.6 is 0 Å². The molecule has 0 amide bonds. The second kappa shape index (κ2) is 7.29. The standard InChI is InChI=1S/C32H22N2/c1-3-9-24(10-4-1)32(25-11-5-2-6-12-25)28-13-7-8-22-14-15-23-20-27(21-29(32)31(23)30(22)28)34-26-16-18-33-19-17-26/h1-21H,(H,33,34). The van der Waals surface area contributed by atoms with Crippen molar-refractivity contribution in [1.29, 1.82) is 0 Å². The van der Waals surface area contributed by atoms with Gasteiger partial charge in [-0.2, -0.15) is 0 Å². The van der Waals surface area contributed by atoms with Crippen LogP contribution in [0.5, 0.6) is 0 Å². The highest BCUT2D eigenvalue weighted by molar-refractivity contribution is 6.17. The van der Waals surface area contributed by atoms with E-state index >= 15 is 0 Å². The minimum Gasteiger partial charge on any atom is -0.355 e. The number of anilines is 2. The number of nitrogens with one attached hydrogen (secondary N) is 1. The first kappa shape index (κ1) is 19.1. The van der Waals surface area contributed by atoms with E-state index in [-0.39, 0.29) is 5.41 Å². The molecule has 1 aromatic heterocycles. The molecule has 1 aliphatic carbocycles. The van der Waals surface area contributed by atoms with E-state index in [9.17, 15) is 0 Å². The van der Waals surface area contributed by atoms with Gasteiger partial charge in [0.25, 0.3) is 0 Å². The van der Waals surface area contributed by atoms with E-state index in [1.54, 1.807) is 0 Å². The number of hydrogen-bond acceptors (Lipinski definition) is 2. The van der Waals surface area contributed by atoms with Gasteiger partial charge in [0.05, 0.1) is 5.41 Å². The van der Waals surface area contributed by atoms with Gasteiger partial charge in [0.15, 0.2) is 0 Å². The third-order valence-corrected chi connectivity index (χ3v) is 7.15. The fourth-order valence-electron chi connectivity index (χ4n) is 5.84. The number of benzene rings is 5. The molecular formula is C32H22N2. The molecule has 0 saturated carbocycles. The van der Waals surface area contributed by atoms with E-state index in [1.807, 2.05) is 24.5 Å². The first-order valence-corrected chi connectivity index (χ1v) is 11.6. The lowest BCUT2D eigenvalue weighted by molar-refractivity contribution is 0.772. The molecule has 0 bridgehead atoms. The number of hydrogen-bond donors (Lipinski definition) is 1. The lowest BCUT2D eigenvalue weighted by Crippen LogP contribution is -2.28. The molecule has 0 radical (unpaired) electrons. The van der Waals surface area contributed by atoms with Crippen molar-refractivity contribution in [2.75, 3.05) is 5.32 Å². The quantitative estimate of drug-likeness (QED) is 0.286. The van der Waals surface area contributed by atoms with Crippen LogP contribution in [0.15, 0.2) is 128 Å². The lowest BCUT2D eigenvalue weighted by Gasteiger charge is -2.34. The SMILES string of the molecule is c1ccc(C2(c3ccccc3)c3cccc4ccc5cc(Nc6ccncc6)cc2c5c34)cc1. The summed E-state index contributed by atoms with van der Waals surface area (Å²) in [4.78, 5) is 4.16. The molecule has 0 saturated heterocycles. The number of nitrogens with zero attached hydrogens (tertiary/aromatic N) is 1. The summed E-state index contributed by atoms with van der Waals surface area (Å²) in [7, 11) is 0. The molecule has 6 aromatic rings. The summed E-state index contributed by atoms with van der Waals surface area (Å²) in [6.07, 6.45) is 3.64. The Morgan fingerprint density at radius 1 is 0.500 bits per heavy atom. The molecule has 0 unspecified atom stereocenters. The second-order valence-electron chi connectivity index (χ2n) is 8.93. The van der Waals surface area contributed by atoms with Crippen molar-refractivity contribution in [3.8, 4) is 0 Å². The van der Waals surface area contributed by atoms with Crippen molar-refractivity contribution in [3.63, 3.8) is 0 Å². The zero-order chi connectivity index (χ0) is 22.5. The minimum absolute atomic E-state index is 0.389. The molecule has 0 spiro atoms. The predicted octanol–water partition coefficient (Wildman–Crippen LogP) is 7.83. The topological polar surface area (TPSA) is 24.9 Å². The summed E-state index contributed by atoms with van der Waals surface area (Å²) in [5, 5.41) is 8.87. The summed E-state index contributed by atoms with van der Waals surface area (Å²) >= 11 is 0. The summed E-state index contributed by atoms with van der Waals surface area (Å²) in [5.74, 6) is 0. The third kappa shape index (κ3) is 2.60. The van der Waals surface area contributed by atoms with Crippen molar-refractivity contribution in [2.24, 2.45) is 0 Å². The first-order chi connectivity index (χ1) is 16.9. The van der Waals surface area contributed by atoms with Crippen molar-refractivity contribution < 1.29 is 0 Å². The predicted molar refractivity (Wildman–Crippen MR) is 141 cm³/mol. The maximum atomic E-state index is 4.16. The Morgan fingerprint density at radius 3 is 1.85 bits per heavy atom. The van der Waals surface area contributed by atoms with E-state index in [4.69, 9.17) is 0 Å². The third-order valence-electron chi connectivity index (χ3n) is 7.15. The Bertz CT molecular complexity index is 1620.